The Balaban J connectivity index is 2.60. The number of benzene rings is 1. The van der Waals surface area contributed by atoms with Crippen molar-refractivity contribution in [3.8, 4) is 5.75 Å². The normalized spacial score (nSPS) is 10.0. The number of likely N-dealkylation sites (N-methyl/N-ethyl adjacent to an activating group) is 1. The third-order valence-electron chi connectivity index (χ3n) is 2.38. The first kappa shape index (κ1) is 15.0. The number of ether oxygens (including phenoxy) is 2. The van der Waals surface area contributed by atoms with Gasteiger partial charge in [-0.1, -0.05) is 0 Å². The summed E-state index contributed by atoms with van der Waals surface area (Å²) in [5.74, 6) is -0.754. The Labute approximate surface area is 111 Å². The Kier molecular flexibility index (Phi) is 5.81. The number of carboxylic acids is 1. The van der Waals surface area contributed by atoms with Gasteiger partial charge in [0.15, 0.2) is 0 Å². The molecule has 0 saturated carbocycles. The highest BCUT2D eigenvalue weighted by molar-refractivity contribution is 5.95. The van der Waals surface area contributed by atoms with Gasteiger partial charge in [0.05, 0.1) is 6.61 Å². The number of amides is 1. The SMILES string of the molecule is COCCOc1ccc(C(=O)N(C)CC(=O)O)cc1. The van der Waals surface area contributed by atoms with Crippen molar-refractivity contribution < 1.29 is 24.2 Å². The molecule has 0 heterocycles. The summed E-state index contributed by atoms with van der Waals surface area (Å²) in [6, 6.07) is 6.53. The lowest BCUT2D eigenvalue weighted by molar-refractivity contribution is -0.137. The van der Waals surface area contributed by atoms with Crippen LogP contribution in [0, 0.1) is 0 Å². The first-order valence-electron chi connectivity index (χ1n) is 5.73. The summed E-state index contributed by atoms with van der Waals surface area (Å²) in [4.78, 5) is 23.5. The molecule has 0 aliphatic carbocycles. The molecule has 0 fully saturated rings. The maximum absolute atomic E-state index is 11.9. The van der Waals surface area contributed by atoms with Gasteiger partial charge in [-0.3, -0.25) is 9.59 Å². The molecule has 1 N–H and O–H groups in total. The van der Waals surface area contributed by atoms with Crippen LogP contribution in [0.4, 0.5) is 0 Å². The highest BCUT2D eigenvalue weighted by Gasteiger charge is 2.14. The van der Waals surface area contributed by atoms with Gasteiger partial charge in [0.25, 0.3) is 5.91 Å². The summed E-state index contributed by atoms with van der Waals surface area (Å²) in [6.07, 6.45) is 0. The summed E-state index contributed by atoms with van der Waals surface area (Å²) in [5.41, 5.74) is 0.419. The highest BCUT2D eigenvalue weighted by Crippen LogP contribution is 2.13. The first-order valence-corrected chi connectivity index (χ1v) is 5.73. The quantitative estimate of drug-likeness (QED) is 0.742. The molecule has 1 rings (SSSR count). The van der Waals surface area contributed by atoms with E-state index in [1.165, 1.54) is 7.05 Å². The van der Waals surface area contributed by atoms with Crippen LogP contribution in [-0.2, 0) is 9.53 Å². The molecule has 0 unspecified atom stereocenters. The molecule has 19 heavy (non-hydrogen) atoms. The van der Waals surface area contributed by atoms with E-state index in [0.29, 0.717) is 24.5 Å². The van der Waals surface area contributed by atoms with Crippen LogP contribution < -0.4 is 4.74 Å². The van der Waals surface area contributed by atoms with Gasteiger partial charge in [-0.15, -0.1) is 0 Å². The standard InChI is InChI=1S/C13H17NO5/c1-14(9-12(15)16)13(17)10-3-5-11(6-4-10)19-8-7-18-2/h3-6H,7-9H2,1-2H3,(H,15,16). The second-order valence-corrected chi connectivity index (χ2v) is 3.92. The number of carbonyl (C=O) groups excluding carboxylic acids is 1. The molecule has 104 valence electrons. The van der Waals surface area contributed by atoms with E-state index in [1.54, 1.807) is 31.4 Å². The molecule has 0 radical (unpaired) electrons. The van der Waals surface area contributed by atoms with Crippen LogP contribution in [0.15, 0.2) is 24.3 Å². The maximum atomic E-state index is 11.9. The monoisotopic (exact) mass is 267 g/mol. The Hall–Kier alpha value is -2.08. The molecule has 0 aliphatic heterocycles. The van der Waals surface area contributed by atoms with Gasteiger partial charge < -0.3 is 19.5 Å². The van der Waals surface area contributed by atoms with Crippen LogP contribution in [0.1, 0.15) is 10.4 Å². The lowest BCUT2D eigenvalue weighted by Gasteiger charge is -2.14. The number of methoxy groups -OCH3 is 1. The molecule has 1 aromatic carbocycles. The van der Waals surface area contributed by atoms with Gasteiger partial charge in [0.1, 0.15) is 18.9 Å². The minimum absolute atomic E-state index is 0.328. The van der Waals surface area contributed by atoms with E-state index in [9.17, 15) is 9.59 Å². The van der Waals surface area contributed by atoms with Gasteiger partial charge in [0.2, 0.25) is 0 Å². The van der Waals surface area contributed by atoms with E-state index in [1.807, 2.05) is 0 Å². The van der Waals surface area contributed by atoms with E-state index >= 15 is 0 Å². The smallest absolute Gasteiger partial charge is 0.323 e. The predicted octanol–water partition coefficient (Wildman–Crippen LogP) is 0.868. The Morgan fingerprint density at radius 2 is 1.84 bits per heavy atom. The number of carbonyl (C=O) groups is 2. The van der Waals surface area contributed by atoms with Crippen LogP contribution in [0.25, 0.3) is 0 Å². The lowest BCUT2D eigenvalue weighted by Crippen LogP contribution is -2.31. The van der Waals surface area contributed by atoms with Gasteiger partial charge >= 0.3 is 5.97 Å². The minimum atomic E-state index is -1.05. The van der Waals surface area contributed by atoms with Crippen molar-refractivity contribution in [3.05, 3.63) is 29.8 Å². The predicted molar refractivity (Wildman–Crippen MR) is 68.4 cm³/mol. The number of aliphatic carboxylic acids is 1. The fourth-order valence-electron chi connectivity index (χ4n) is 1.43. The summed E-state index contributed by atoms with van der Waals surface area (Å²) >= 11 is 0. The highest BCUT2D eigenvalue weighted by atomic mass is 16.5. The number of nitrogens with zero attached hydrogens (tertiary/aromatic N) is 1. The lowest BCUT2D eigenvalue weighted by atomic mass is 10.2. The number of hydrogen-bond acceptors (Lipinski definition) is 4. The van der Waals surface area contributed by atoms with Crippen molar-refractivity contribution >= 4 is 11.9 Å². The van der Waals surface area contributed by atoms with Gasteiger partial charge in [-0.25, -0.2) is 0 Å². The van der Waals surface area contributed by atoms with Crippen molar-refractivity contribution in [1.29, 1.82) is 0 Å². The van der Waals surface area contributed by atoms with E-state index < -0.39 is 5.97 Å². The zero-order valence-electron chi connectivity index (χ0n) is 11.0. The third kappa shape index (κ3) is 4.97. The zero-order valence-corrected chi connectivity index (χ0v) is 11.0. The first-order chi connectivity index (χ1) is 9.04. The average molecular weight is 267 g/mol. The second kappa shape index (κ2) is 7.38. The van der Waals surface area contributed by atoms with Gasteiger partial charge in [0, 0.05) is 19.7 Å². The van der Waals surface area contributed by atoms with E-state index in [0.717, 1.165) is 4.90 Å². The van der Waals surface area contributed by atoms with Crippen molar-refractivity contribution in [1.82, 2.24) is 4.90 Å². The van der Waals surface area contributed by atoms with Crippen LogP contribution in [0.3, 0.4) is 0 Å². The van der Waals surface area contributed by atoms with Crippen molar-refractivity contribution in [2.75, 3.05) is 33.9 Å². The fourth-order valence-corrected chi connectivity index (χ4v) is 1.43. The molecule has 0 bridgehead atoms. The van der Waals surface area contributed by atoms with Crippen LogP contribution >= 0.6 is 0 Å². The van der Waals surface area contributed by atoms with Crippen molar-refractivity contribution in [2.24, 2.45) is 0 Å². The van der Waals surface area contributed by atoms with E-state index in [-0.39, 0.29) is 12.5 Å². The summed E-state index contributed by atoms with van der Waals surface area (Å²) in [7, 11) is 3.03. The zero-order chi connectivity index (χ0) is 14.3. The number of carboxylic acid groups (broad SMARTS) is 1. The molecule has 6 nitrogen and oxygen atoms in total. The molecule has 0 spiro atoms. The van der Waals surface area contributed by atoms with Crippen molar-refractivity contribution in [2.45, 2.75) is 0 Å². The van der Waals surface area contributed by atoms with Crippen LogP contribution in [0.2, 0.25) is 0 Å². The Morgan fingerprint density at radius 3 is 2.37 bits per heavy atom. The largest absolute Gasteiger partial charge is 0.491 e. The molecule has 0 aromatic heterocycles. The third-order valence-corrected chi connectivity index (χ3v) is 2.38. The molecular formula is C13H17NO5. The molecule has 6 heteroatoms. The molecule has 1 aromatic rings. The summed E-state index contributed by atoms with van der Waals surface area (Å²) in [5, 5.41) is 8.62. The Morgan fingerprint density at radius 1 is 1.21 bits per heavy atom. The Bertz CT molecular complexity index is 429. The van der Waals surface area contributed by atoms with Crippen LogP contribution in [0.5, 0.6) is 5.75 Å². The van der Waals surface area contributed by atoms with E-state index in [4.69, 9.17) is 14.6 Å². The molecule has 0 atom stereocenters. The topological polar surface area (TPSA) is 76.1 Å². The van der Waals surface area contributed by atoms with E-state index in [2.05, 4.69) is 0 Å². The molecule has 0 saturated heterocycles. The minimum Gasteiger partial charge on any atom is -0.491 e. The second-order valence-electron chi connectivity index (χ2n) is 3.92. The van der Waals surface area contributed by atoms with Crippen molar-refractivity contribution in [3.63, 3.8) is 0 Å². The van der Waals surface area contributed by atoms with Crippen LogP contribution in [-0.4, -0.2) is 55.8 Å². The average Bonchev–Trinajstić information content (AvgIpc) is 2.38. The molecule has 0 aliphatic rings. The van der Waals surface area contributed by atoms with Gasteiger partial charge in [-0.2, -0.15) is 0 Å². The fraction of sp³-hybridized carbons (Fsp3) is 0.385. The maximum Gasteiger partial charge on any atom is 0.323 e. The molecule has 1 amide bonds. The molecular weight excluding hydrogens is 250 g/mol. The number of hydrogen-bond donors (Lipinski definition) is 1. The summed E-state index contributed by atoms with van der Waals surface area (Å²) in [6.45, 7) is 0.593. The number of rotatable bonds is 7. The van der Waals surface area contributed by atoms with Gasteiger partial charge in [-0.05, 0) is 24.3 Å². The summed E-state index contributed by atoms with van der Waals surface area (Å²) < 4.78 is 10.2.